The second-order valence-electron chi connectivity index (χ2n) is 10.5. The highest BCUT2D eigenvalue weighted by atomic mass is 15.4. The molecule has 1 aliphatic heterocycles. The number of unbranched alkanes of at least 4 members (excludes halogenated alkanes) is 20. The van der Waals surface area contributed by atoms with E-state index in [0.717, 1.165) is 0 Å². The quantitative estimate of drug-likeness (QED) is 0.135. The smallest absolute Gasteiger partial charge is 0.100 e. The van der Waals surface area contributed by atoms with Gasteiger partial charge in [-0.05, 0) is 19.3 Å². The summed E-state index contributed by atoms with van der Waals surface area (Å²) in [6.45, 7) is 5.85. The van der Waals surface area contributed by atoms with Crippen LogP contribution in [-0.2, 0) is 0 Å². The molecule has 0 aliphatic carbocycles. The van der Waals surface area contributed by atoms with Gasteiger partial charge < -0.3 is 9.80 Å². The predicted octanol–water partition coefficient (Wildman–Crippen LogP) is 10.0. The summed E-state index contributed by atoms with van der Waals surface area (Å²) in [6, 6.07) is 0. The minimum Gasteiger partial charge on any atom is -0.359 e. The lowest BCUT2D eigenvalue weighted by molar-refractivity contribution is 0.159. The molecule has 190 valence electrons. The Labute approximate surface area is 203 Å². The molecule has 0 amide bonds. The maximum atomic E-state index is 2.61. The average Bonchev–Trinajstić information content (AvgIpc) is 3.15. The van der Waals surface area contributed by atoms with Crippen LogP contribution in [0.4, 0.5) is 0 Å². The average molecular weight is 449 g/mol. The van der Waals surface area contributed by atoms with Gasteiger partial charge in [-0.25, -0.2) is 0 Å². The molecule has 2 heteroatoms. The molecule has 1 unspecified atom stereocenters. The van der Waals surface area contributed by atoms with Crippen molar-refractivity contribution < 1.29 is 0 Å². The molecule has 1 aliphatic rings. The molecule has 0 spiro atoms. The first-order valence-corrected chi connectivity index (χ1v) is 15.0. The Kier molecular flexibility index (Phi) is 20.3. The van der Waals surface area contributed by atoms with Gasteiger partial charge in [-0.2, -0.15) is 0 Å². The molecule has 0 aromatic heterocycles. The monoisotopic (exact) mass is 448 g/mol. The Morgan fingerprint density at radius 2 is 0.844 bits per heavy atom. The number of rotatable bonds is 24. The van der Waals surface area contributed by atoms with E-state index in [2.05, 4.69) is 43.1 Å². The van der Waals surface area contributed by atoms with Crippen LogP contribution in [0.2, 0.25) is 0 Å². The second kappa shape index (κ2) is 22.1. The van der Waals surface area contributed by atoms with E-state index in [-0.39, 0.29) is 0 Å². The third-order valence-corrected chi connectivity index (χ3v) is 7.43. The Balaban J connectivity index is 1.91. The van der Waals surface area contributed by atoms with Crippen molar-refractivity contribution in [2.45, 2.75) is 168 Å². The molecule has 0 aromatic carbocycles. The van der Waals surface area contributed by atoms with E-state index < -0.39 is 0 Å². The highest BCUT2D eigenvalue weighted by Gasteiger charge is 2.22. The lowest BCUT2D eigenvalue weighted by Gasteiger charge is -2.30. The molecule has 0 radical (unpaired) electrons. The van der Waals surface area contributed by atoms with Crippen LogP contribution in [0.3, 0.4) is 0 Å². The maximum Gasteiger partial charge on any atom is 0.100 e. The highest BCUT2D eigenvalue weighted by Crippen LogP contribution is 2.21. The maximum absolute atomic E-state index is 2.61. The van der Waals surface area contributed by atoms with E-state index in [1.165, 1.54) is 154 Å². The molecule has 0 saturated carbocycles. The third kappa shape index (κ3) is 16.0. The van der Waals surface area contributed by atoms with Crippen molar-refractivity contribution in [1.82, 2.24) is 9.80 Å². The summed E-state index contributed by atoms with van der Waals surface area (Å²) in [5.74, 6) is 0. The van der Waals surface area contributed by atoms with E-state index in [1.54, 1.807) is 0 Å². The van der Waals surface area contributed by atoms with Crippen molar-refractivity contribution in [3.05, 3.63) is 12.4 Å². The van der Waals surface area contributed by atoms with Crippen molar-refractivity contribution in [2.75, 3.05) is 13.6 Å². The highest BCUT2D eigenvalue weighted by molar-refractivity contribution is 4.95. The summed E-state index contributed by atoms with van der Waals surface area (Å²) in [4.78, 5) is 5.05. The van der Waals surface area contributed by atoms with Gasteiger partial charge in [0, 0.05) is 26.0 Å². The lowest BCUT2D eigenvalue weighted by Crippen LogP contribution is -2.37. The zero-order valence-corrected chi connectivity index (χ0v) is 22.6. The Morgan fingerprint density at radius 1 is 0.469 bits per heavy atom. The van der Waals surface area contributed by atoms with Crippen LogP contribution >= 0.6 is 0 Å². The van der Waals surface area contributed by atoms with Gasteiger partial charge in [-0.15, -0.1) is 0 Å². The Bertz CT molecular complexity index is 406. The van der Waals surface area contributed by atoms with Gasteiger partial charge in [-0.1, -0.05) is 142 Å². The van der Waals surface area contributed by atoms with E-state index in [0.29, 0.717) is 6.17 Å². The van der Waals surface area contributed by atoms with Crippen LogP contribution < -0.4 is 0 Å². The lowest BCUT2D eigenvalue weighted by atomic mass is 10.0. The predicted molar refractivity (Wildman–Crippen MR) is 145 cm³/mol. The van der Waals surface area contributed by atoms with Crippen LogP contribution in [0, 0.1) is 0 Å². The molecule has 1 heterocycles. The molecule has 1 atom stereocenters. The van der Waals surface area contributed by atoms with Crippen molar-refractivity contribution in [3.63, 3.8) is 0 Å². The summed E-state index contributed by atoms with van der Waals surface area (Å²) in [6.07, 6.45) is 38.2. The summed E-state index contributed by atoms with van der Waals surface area (Å²) >= 11 is 0. The first kappa shape index (κ1) is 29.4. The fraction of sp³-hybridized carbons (Fsp3) is 0.933. The minimum atomic E-state index is 0.622. The molecular formula is C30H60N2. The molecule has 0 bridgehead atoms. The second-order valence-corrected chi connectivity index (χ2v) is 10.5. The molecule has 0 saturated heterocycles. The summed E-state index contributed by atoms with van der Waals surface area (Å²) in [5, 5.41) is 0. The van der Waals surface area contributed by atoms with E-state index in [4.69, 9.17) is 0 Å². The minimum absolute atomic E-state index is 0.622. The van der Waals surface area contributed by atoms with E-state index in [1.807, 2.05) is 0 Å². The molecule has 1 rings (SSSR count). The first-order chi connectivity index (χ1) is 15.8. The van der Waals surface area contributed by atoms with Gasteiger partial charge in [0.1, 0.15) is 6.17 Å². The van der Waals surface area contributed by atoms with Gasteiger partial charge in [0.15, 0.2) is 0 Å². The van der Waals surface area contributed by atoms with Crippen LogP contribution in [0.15, 0.2) is 12.4 Å². The zero-order valence-electron chi connectivity index (χ0n) is 22.6. The van der Waals surface area contributed by atoms with Gasteiger partial charge in [0.05, 0.1) is 0 Å². The van der Waals surface area contributed by atoms with Crippen LogP contribution in [0.1, 0.15) is 162 Å². The van der Waals surface area contributed by atoms with Crippen LogP contribution in [-0.4, -0.2) is 29.6 Å². The standard InChI is InChI=1S/C30H60N2/c1-4-6-8-10-12-14-15-16-17-18-19-20-22-24-26-30-31(3)28-29-32(30)27-25-23-21-13-11-9-7-5-2/h28-30H,4-27H2,1-3H3. The fourth-order valence-corrected chi connectivity index (χ4v) is 5.17. The van der Waals surface area contributed by atoms with Gasteiger partial charge in [0.2, 0.25) is 0 Å². The van der Waals surface area contributed by atoms with E-state index in [9.17, 15) is 0 Å². The summed E-state index contributed by atoms with van der Waals surface area (Å²) in [7, 11) is 2.26. The fourth-order valence-electron chi connectivity index (χ4n) is 5.17. The zero-order chi connectivity index (χ0) is 23.1. The molecule has 0 fully saturated rings. The SMILES string of the molecule is CCCCCCCCCCCCCCCCC1N(C)C=CN1CCCCCCCCCC. The number of hydrogen-bond acceptors (Lipinski definition) is 2. The molecule has 32 heavy (non-hydrogen) atoms. The molecular weight excluding hydrogens is 388 g/mol. The van der Waals surface area contributed by atoms with E-state index >= 15 is 0 Å². The van der Waals surface area contributed by atoms with Crippen molar-refractivity contribution in [3.8, 4) is 0 Å². The molecule has 0 N–H and O–H groups in total. The Morgan fingerprint density at radius 3 is 1.28 bits per heavy atom. The van der Waals surface area contributed by atoms with Crippen molar-refractivity contribution in [1.29, 1.82) is 0 Å². The molecule has 2 nitrogen and oxygen atoms in total. The van der Waals surface area contributed by atoms with Crippen LogP contribution in [0.5, 0.6) is 0 Å². The Hall–Kier alpha value is -0.660. The topological polar surface area (TPSA) is 6.48 Å². The first-order valence-electron chi connectivity index (χ1n) is 15.0. The normalized spacial score (nSPS) is 15.9. The number of hydrogen-bond donors (Lipinski definition) is 0. The van der Waals surface area contributed by atoms with Gasteiger partial charge in [0.25, 0.3) is 0 Å². The van der Waals surface area contributed by atoms with Gasteiger partial charge in [-0.3, -0.25) is 0 Å². The van der Waals surface area contributed by atoms with Crippen molar-refractivity contribution >= 4 is 0 Å². The van der Waals surface area contributed by atoms with Crippen LogP contribution in [0.25, 0.3) is 0 Å². The molecule has 0 aromatic rings. The largest absolute Gasteiger partial charge is 0.359 e. The third-order valence-electron chi connectivity index (χ3n) is 7.43. The van der Waals surface area contributed by atoms with Crippen molar-refractivity contribution in [2.24, 2.45) is 0 Å². The summed E-state index contributed by atoms with van der Waals surface area (Å²) < 4.78 is 0. The van der Waals surface area contributed by atoms with Gasteiger partial charge >= 0.3 is 0 Å². The summed E-state index contributed by atoms with van der Waals surface area (Å²) in [5.41, 5.74) is 0. The number of nitrogens with zero attached hydrogens (tertiary/aromatic N) is 2.